The lowest BCUT2D eigenvalue weighted by molar-refractivity contribution is 0.0712. The topological polar surface area (TPSA) is 63.9 Å². The number of hydrogen-bond acceptors (Lipinski definition) is 4. The molecule has 1 amide bonds. The number of nitrogens with zero attached hydrogens (tertiary/aromatic N) is 5. The van der Waals surface area contributed by atoms with Gasteiger partial charge in [-0.2, -0.15) is 0 Å². The molecule has 0 aromatic carbocycles. The number of carbonyl (C=O) groups excluding carboxylic acids is 1. The maximum Gasteiger partial charge on any atom is 0.255 e. The van der Waals surface area contributed by atoms with Crippen molar-refractivity contribution in [2.45, 2.75) is 38.6 Å². The van der Waals surface area contributed by atoms with E-state index in [1.807, 2.05) is 27.9 Å². The van der Waals surface area contributed by atoms with E-state index in [9.17, 15) is 4.79 Å². The van der Waals surface area contributed by atoms with Crippen LogP contribution in [0.25, 0.3) is 11.2 Å². The summed E-state index contributed by atoms with van der Waals surface area (Å²) in [7, 11) is 0. The summed E-state index contributed by atoms with van der Waals surface area (Å²) in [4.78, 5) is 27.8. The lowest BCUT2D eigenvalue weighted by Gasteiger charge is -2.32. The number of rotatable bonds is 3. The van der Waals surface area contributed by atoms with Gasteiger partial charge >= 0.3 is 0 Å². The van der Waals surface area contributed by atoms with Gasteiger partial charge in [0.25, 0.3) is 5.91 Å². The minimum absolute atomic E-state index is 0.0478. The van der Waals surface area contributed by atoms with Crippen molar-refractivity contribution < 1.29 is 4.79 Å². The normalized spacial score (nSPS) is 15.7. The van der Waals surface area contributed by atoms with E-state index in [1.165, 1.54) is 5.56 Å². The average molecular weight is 349 g/mol. The highest BCUT2D eigenvalue weighted by Crippen LogP contribution is 2.28. The molecule has 6 nitrogen and oxygen atoms in total. The molecule has 26 heavy (non-hydrogen) atoms. The lowest BCUT2D eigenvalue weighted by atomic mass is 9.90. The van der Waals surface area contributed by atoms with E-state index in [-0.39, 0.29) is 5.91 Å². The molecule has 0 N–H and O–H groups in total. The van der Waals surface area contributed by atoms with Crippen molar-refractivity contribution in [2.24, 2.45) is 0 Å². The molecular weight excluding hydrogens is 326 g/mol. The summed E-state index contributed by atoms with van der Waals surface area (Å²) in [5.41, 5.74) is 3.53. The quantitative estimate of drug-likeness (QED) is 0.727. The summed E-state index contributed by atoms with van der Waals surface area (Å²) >= 11 is 0. The highest BCUT2D eigenvalue weighted by atomic mass is 16.2. The van der Waals surface area contributed by atoms with Gasteiger partial charge in [-0.05, 0) is 56.4 Å². The Balaban J connectivity index is 1.47. The van der Waals surface area contributed by atoms with Gasteiger partial charge in [-0.1, -0.05) is 0 Å². The highest BCUT2D eigenvalue weighted by Gasteiger charge is 2.25. The summed E-state index contributed by atoms with van der Waals surface area (Å²) < 4.78 is 2.02. The molecule has 0 saturated carbocycles. The molecule has 0 atom stereocenters. The Morgan fingerprint density at radius 2 is 1.88 bits per heavy atom. The number of fused-ring (bicyclic) bond motifs is 1. The Labute approximate surface area is 152 Å². The van der Waals surface area contributed by atoms with Crippen LogP contribution in [-0.4, -0.2) is 43.4 Å². The van der Waals surface area contributed by atoms with Crippen LogP contribution in [0.3, 0.4) is 0 Å². The summed E-state index contributed by atoms with van der Waals surface area (Å²) in [6, 6.07) is 6.30. The second-order valence-electron chi connectivity index (χ2n) is 7.16. The Morgan fingerprint density at radius 1 is 1.15 bits per heavy atom. The zero-order valence-corrected chi connectivity index (χ0v) is 15.2. The number of amides is 1. The minimum Gasteiger partial charge on any atom is -0.339 e. The summed E-state index contributed by atoms with van der Waals surface area (Å²) in [5.74, 6) is 0.552. The minimum atomic E-state index is 0.0478. The zero-order chi connectivity index (χ0) is 18.1. The van der Waals surface area contributed by atoms with Gasteiger partial charge in [0.15, 0.2) is 5.65 Å². The second-order valence-corrected chi connectivity index (χ2v) is 7.16. The van der Waals surface area contributed by atoms with E-state index in [1.54, 1.807) is 12.5 Å². The molecule has 3 aromatic heterocycles. The predicted molar refractivity (Wildman–Crippen MR) is 100 cm³/mol. The van der Waals surface area contributed by atoms with E-state index in [0.29, 0.717) is 17.5 Å². The molecule has 0 unspecified atom stereocenters. The van der Waals surface area contributed by atoms with Crippen LogP contribution in [0.5, 0.6) is 0 Å². The maximum absolute atomic E-state index is 12.9. The fraction of sp³-hybridized carbons (Fsp3) is 0.400. The first-order valence-corrected chi connectivity index (χ1v) is 9.15. The number of piperidine rings is 1. The van der Waals surface area contributed by atoms with E-state index in [0.717, 1.165) is 37.1 Å². The van der Waals surface area contributed by atoms with E-state index in [2.05, 4.69) is 40.9 Å². The predicted octanol–water partition coefficient (Wildman–Crippen LogP) is 3.43. The van der Waals surface area contributed by atoms with Gasteiger partial charge in [-0.25, -0.2) is 9.97 Å². The summed E-state index contributed by atoms with van der Waals surface area (Å²) in [5, 5.41) is 0. The number of pyridine rings is 2. The first-order chi connectivity index (χ1) is 12.6. The molecule has 4 rings (SSSR count). The fourth-order valence-corrected chi connectivity index (χ4v) is 3.65. The molecule has 1 fully saturated rings. The van der Waals surface area contributed by atoms with Gasteiger partial charge in [-0.3, -0.25) is 9.78 Å². The third kappa shape index (κ3) is 3.07. The SMILES string of the molecule is CC(C)n1cnc2cc(C(=O)N3CCC(c4ccncc4)CC3)cnc21. The van der Waals surface area contributed by atoms with Crippen LogP contribution < -0.4 is 0 Å². The van der Waals surface area contributed by atoms with Crippen molar-refractivity contribution in [3.05, 3.63) is 54.2 Å². The molecular formula is C20H23N5O. The van der Waals surface area contributed by atoms with Crippen molar-refractivity contribution in [1.29, 1.82) is 0 Å². The smallest absolute Gasteiger partial charge is 0.255 e. The van der Waals surface area contributed by atoms with Gasteiger partial charge < -0.3 is 9.47 Å². The zero-order valence-electron chi connectivity index (χ0n) is 15.2. The standard InChI is InChI=1S/C20H23N5O/c1-14(2)25-13-23-18-11-17(12-22-19(18)25)20(26)24-9-5-16(6-10-24)15-3-7-21-8-4-15/h3-4,7-8,11-14,16H,5-6,9-10H2,1-2H3. The Hall–Kier alpha value is -2.76. The van der Waals surface area contributed by atoms with Crippen molar-refractivity contribution in [2.75, 3.05) is 13.1 Å². The molecule has 0 spiro atoms. The second kappa shape index (κ2) is 6.86. The lowest BCUT2D eigenvalue weighted by Crippen LogP contribution is -2.38. The summed E-state index contributed by atoms with van der Waals surface area (Å²) in [6.07, 6.45) is 9.10. The first-order valence-electron chi connectivity index (χ1n) is 9.15. The average Bonchev–Trinajstić information content (AvgIpc) is 3.12. The number of hydrogen-bond donors (Lipinski definition) is 0. The van der Waals surface area contributed by atoms with E-state index < -0.39 is 0 Å². The van der Waals surface area contributed by atoms with Crippen LogP contribution in [0.15, 0.2) is 43.1 Å². The molecule has 134 valence electrons. The van der Waals surface area contributed by atoms with Crippen LogP contribution >= 0.6 is 0 Å². The van der Waals surface area contributed by atoms with Crippen LogP contribution in [0.4, 0.5) is 0 Å². The number of aromatic nitrogens is 4. The molecule has 1 aliphatic heterocycles. The third-order valence-corrected chi connectivity index (χ3v) is 5.18. The van der Waals surface area contributed by atoms with Crippen molar-refractivity contribution in [3.63, 3.8) is 0 Å². The van der Waals surface area contributed by atoms with Gasteiger partial charge in [0, 0.05) is 37.7 Å². The van der Waals surface area contributed by atoms with Crippen molar-refractivity contribution in [3.8, 4) is 0 Å². The first kappa shape index (κ1) is 16.7. The Bertz CT molecular complexity index is 910. The molecule has 6 heteroatoms. The summed E-state index contributed by atoms with van der Waals surface area (Å²) in [6.45, 7) is 5.72. The third-order valence-electron chi connectivity index (χ3n) is 5.18. The van der Waals surface area contributed by atoms with Crippen LogP contribution in [0.1, 0.15) is 54.6 Å². The maximum atomic E-state index is 12.9. The molecule has 0 radical (unpaired) electrons. The van der Waals surface area contributed by atoms with Crippen LogP contribution in [0, 0.1) is 0 Å². The monoisotopic (exact) mass is 349 g/mol. The molecule has 1 aliphatic rings. The van der Waals surface area contributed by atoms with Crippen molar-refractivity contribution in [1.82, 2.24) is 24.4 Å². The number of carbonyl (C=O) groups is 1. The molecule has 1 saturated heterocycles. The molecule has 3 aromatic rings. The molecule has 0 aliphatic carbocycles. The van der Waals surface area contributed by atoms with Crippen molar-refractivity contribution >= 4 is 17.1 Å². The number of imidazole rings is 1. The van der Waals surface area contributed by atoms with Gasteiger partial charge in [0.1, 0.15) is 5.52 Å². The van der Waals surface area contributed by atoms with E-state index in [4.69, 9.17) is 0 Å². The largest absolute Gasteiger partial charge is 0.339 e. The highest BCUT2D eigenvalue weighted by molar-refractivity contribution is 5.96. The molecule has 4 heterocycles. The molecule has 0 bridgehead atoms. The number of likely N-dealkylation sites (tertiary alicyclic amines) is 1. The van der Waals surface area contributed by atoms with Gasteiger partial charge in [-0.15, -0.1) is 0 Å². The Kier molecular flexibility index (Phi) is 4.41. The fourth-order valence-electron chi connectivity index (χ4n) is 3.65. The van der Waals surface area contributed by atoms with Gasteiger partial charge in [0.05, 0.1) is 11.9 Å². The van der Waals surface area contributed by atoms with Crippen LogP contribution in [-0.2, 0) is 0 Å². The Morgan fingerprint density at radius 3 is 2.58 bits per heavy atom. The van der Waals surface area contributed by atoms with Gasteiger partial charge in [0.2, 0.25) is 0 Å². The van der Waals surface area contributed by atoms with Crippen LogP contribution in [0.2, 0.25) is 0 Å². The van der Waals surface area contributed by atoms with E-state index >= 15 is 0 Å².